The number of nitrogens with zero attached hydrogens (tertiary/aromatic N) is 3. The first kappa shape index (κ1) is 26.7. The first-order chi connectivity index (χ1) is 23.2. The third-order valence-corrected chi connectivity index (χ3v) is 9.44. The van der Waals surface area contributed by atoms with Crippen molar-refractivity contribution in [3.05, 3.63) is 163 Å². The van der Waals surface area contributed by atoms with Gasteiger partial charge in [-0.1, -0.05) is 127 Å². The molecule has 3 nitrogen and oxygen atoms in total. The zero-order valence-corrected chi connectivity index (χ0v) is 25.3. The van der Waals surface area contributed by atoms with Crippen molar-refractivity contribution < 1.29 is 0 Å². The molecule has 0 atom stereocenters. The van der Waals surface area contributed by atoms with Crippen LogP contribution in [0.15, 0.2) is 152 Å². The Morgan fingerprint density at radius 3 is 1.15 bits per heavy atom. The molecule has 0 N–H and O–H groups in total. The van der Waals surface area contributed by atoms with Crippen molar-refractivity contribution >= 4 is 38.1 Å². The van der Waals surface area contributed by atoms with Crippen LogP contribution in [-0.4, -0.2) is 4.40 Å². The van der Waals surface area contributed by atoms with Crippen molar-refractivity contribution in [3.63, 3.8) is 0 Å². The Labute approximate surface area is 271 Å². The zero-order valence-electron chi connectivity index (χ0n) is 25.3. The van der Waals surface area contributed by atoms with Crippen molar-refractivity contribution in [1.82, 2.24) is 4.40 Å². The Morgan fingerprint density at radius 1 is 0.362 bits per heavy atom. The van der Waals surface area contributed by atoms with Crippen LogP contribution in [0.5, 0.6) is 0 Å². The van der Waals surface area contributed by atoms with E-state index in [0.29, 0.717) is 11.1 Å². The fraction of sp³-hybridized carbons (Fsp3) is 0. The predicted octanol–water partition coefficient (Wildman–Crippen LogP) is 11.2. The molecular weight excluding hydrogens is 571 g/mol. The van der Waals surface area contributed by atoms with Gasteiger partial charge in [0.2, 0.25) is 0 Å². The summed E-state index contributed by atoms with van der Waals surface area (Å²) in [7, 11) is 0. The van der Waals surface area contributed by atoms with Gasteiger partial charge in [0.1, 0.15) is 0 Å². The van der Waals surface area contributed by atoms with E-state index in [2.05, 4.69) is 120 Å². The molecule has 0 aliphatic carbocycles. The van der Waals surface area contributed by atoms with E-state index >= 15 is 0 Å². The van der Waals surface area contributed by atoms with Gasteiger partial charge in [-0.15, -0.1) is 0 Å². The summed E-state index contributed by atoms with van der Waals surface area (Å²) in [6.07, 6.45) is 0. The summed E-state index contributed by atoms with van der Waals surface area (Å²) in [5.41, 5.74) is 12.7. The molecule has 0 radical (unpaired) electrons. The molecule has 3 heteroatoms. The molecular formula is C44H25N3. The fourth-order valence-electron chi connectivity index (χ4n) is 7.18. The van der Waals surface area contributed by atoms with Gasteiger partial charge in [-0.2, -0.15) is 10.5 Å². The Kier molecular flexibility index (Phi) is 5.94. The molecule has 0 aliphatic rings. The van der Waals surface area contributed by atoms with Crippen molar-refractivity contribution in [3.8, 4) is 56.6 Å². The van der Waals surface area contributed by atoms with Crippen LogP contribution in [0.2, 0.25) is 0 Å². The number of rotatable bonds is 4. The molecule has 0 aliphatic heterocycles. The highest BCUT2D eigenvalue weighted by Gasteiger charge is 2.21. The van der Waals surface area contributed by atoms with Gasteiger partial charge in [0, 0.05) is 32.7 Å². The van der Waals surface area contributed by atoms with Crippen LogP contribution in [-0.2, 0) is 0 Å². The Balaban J connectivity index is 1.22. The number of aromatic nitrogens is 1. The monoisotopic (exact) mass is 595 g/mol. The molecule has 9 aromatic rings. The van der Waals surface area contributed by atoms with Crippen molar-refractivity contribution in [2.75, 3.05) is 0 Å². The largest absolute Gasteiger partial charge is 0.308 e. The van der Waals surface area contributed by atoms with Gasteiger partial charge in [-0.05, 0) is 57.6 Å². The molecule has 216 valence electrons. The molecule has 0 fully saturated rings. The van der Waals surface area contributed by atoms with E-state index in [0.717, 1.165) is 82.6 Å². The maximum atomic E-state index is 10.4. The van der Waals surface area contributed by atoms with Crippen LogP contribution in [0.3, 0.4) is 0 Å². The number of para-hydroxylation sites is 1. The van der Waals surface area contributed by atoms with Crippen molar-refractivity contribution in [2.45, 2.75) is 0 Å². The number of benzene rings is 7. The zero-order chi connectivity index (χ0) is 31.5. The van der Waals surface area contributed by atoms with Gasteiger partial charge in [-0.3, -0.25) is 0 Å². The minimum absolute atomic E-state index is 0.620. The molecule has 9 rings (SSSR count). The third kappa shape index (κ3) is 4.12. The highest BCUT2D eigenvalue weighted by molar-refractivity contribution is 6.24. The highest BCUT2D eigenvalue weighted by Crippen LogP contribution is 2.43. The van der Waals surface area contributed by atoms with Crippen LogP contribution in [0.1, 0.15) is 11.1 Å². The number of fused-ring (bicyclic) bond motifs is 6. The minimum Gasteiger partial charge on any atom is -0.308 e. The number of nitriles is 2. The van der Waals surface area contributed by atoms with Gasteiger partial charge in [0.25, 0.3) is 0 Å². The maximum absolute atomic E-state index is 10.4. The maximum Gasteiger partial charge on any atom is 0.0998 e. The second-order valence-corrected chi connectivity index (χ2v) is 12.0. The first-order valence-corrected chi connectivity index (χ1v) is 15.6. The van der Waals surface area contributed by atoms with Crippen LogP contribution >= 0.6 is 0 Å². The smallest absolute Gasteiger partial charge is 0.0998 e. The van der Waals surface area contributed by atoms with Gasteiger partial charge < -0.3 is 4.40 Å². The molecule has 2 heterocycles. The number of hydrogen-bond donors (Lipinski definition) is 0. The summed E-state index contributed by atoms with van der Waals surface area (Å²) < 4.78 is 2.24. The molecule has 47 heavy (non-hydrogen) atoms. The lowest BCUT2D eigenvalue weighted by atomic mass is 9.94. The minimum atomic E-state index is 0.620. The summed E-state index contributed by atoms with van der Waals surface area (Å²) >= 11 is 0. The van der Waals surface area contributed by atoms with Crippen LogP contribution in [0.25, 0.3) is 82.6 Å². The molecule has 0 bridgehead atoms. The molecule has 0 amide bonds. The summed E-state index contributed by atoms with van der Waals surface area (Å²) in [6.45, 7) is 0. The SMILES string of the molecule is N#Cc1cc2c(cc1-c1ccc(-c3ccccc3)cc1)c1cccc3c4cc(-c5ccc(-c6ccccc6)cc5)c(C#N)cc4n2c13. The lowest BCUT2D eigenvalue weighted by molar-refractivity contribution is 1.36. The second-order valence-electron chi connectivity index (χ2n) is 12.0. The average Bonchev–Trinajstić information content (AvgIpc) is 3.65. The Hall–Kier alpha value is -6.68. The lowest BCUT2D eigenvalue weighted by Crippen LogP contribution is -1.90. The average molecular weight is 596 g/mol. The second kappa shape index (κ2) is 10.5. The molecule has 7 aromatic carbocycles. The summed E-state index contributed by atoms with van der Waals surface area (Å²) in [5, 5.41) is 25.2. The van der Waals surface area contributed by atoms with E-state index in [1.807, 2.05) is 48.5 Å². The van der Waals surface area contributed by atoms with Gasteiger partial charge in [0.15, 0.2) is 0 Å². The molecule has 0 saturated carbocycles. The standard InChI is InChI=1S/C44H25N3/c45-26-34-22-42-40(24-38(34)32-18-14-30(15-19-32)28-8-3-1-4-9-28)36-12-7-13-37-41-25-39(35(27-46)23-43(41)47(42)44(36)37)33-20-16-31(17-21-33)29-10-5-2-6-11-29/h1-25H. The predicted molar refractivity (Wildman–Crippen MR) is 192 cm³/mol. The Bertz CT molecular complexity index is 2520. The van der Waals surface area contributed by atoms with Crippen LogP contribution in [0.4, 0.5) is 0 Å². The fourth-order valence-corrected chi connectivity index (χ4v) is 7.18. The lowest BCUT2D eigenvalue weighted by Gasteiger charge is -2.09. The summed E-state index contributed by atoms with van der Waals surface area (Å²) in [5.74, 6) is 0. The molecule has 0 unspecified atom stereocenters. The van der Waals surface area contributed by atoms with Crippen molar-refractivity contribution in [1.29, 1.82) is 10.5 Å². The molecule has 0 saturated heterocycles. The van der Waals surface area contributed by atoms with Gasteiger partial charge >= 0.3 is 0 Å². The topological polar surface area (TPSA) is 52.0 Å². The van der Waals surface area contributed by atoms with Crippen LogP contribution in [0, 0.1) is 22.7 Å². The van der Waals surface area contributed by atoms with E-state index in [9.17, 15) is 10.5 Å². The molecule has 0 spiro atoms. The summed E-state index contributed by atoms with van der Waals surface area (Å²) in [4.78, 5) is 0. The van der Waals surface area contributed by atoms with Crippen LogP contribution < -0.4 is 0 Å². The first-order valence-electron chi connectivity index (χ1n) is 15.6. The van der Waals surface area contributed by atoms with E-state index < -0.39 is 0 Å². The van der Waals surface area contributed by atoms with Crippen molar-refractivity contribution in [2.24, 2.45) is 0 Å². The van der Waals surface area contributed by atoms with E-state index in [4.69, 9.17) is 0 Å². The van der Waals surface area contributed by atoms with E-state index in [1.165, 1.54) is 0 Å². The summed E-state index contributed by atoms with van der Waals surface area (Å²) in [6, 6.07) is 57.2. The van der Waals surface area contributed by atoms with E-state index in [-0.39, 0.29) is 0 Å². The quantitative estimate of drug-likeness (QED) is 0.203. The number of hydrogen-bond acceptors (Lipinski definition) is 2. The Morgan fingerprint density at radius 2 is 0.745 bits per heavy atom. The van der Waals surface area contributed by atoms with Gasteiger partial charge in [0.05, 0.1) is 39.8 Å². The molecule has 2 aromatic heterocycles. The normalized spacial score (nSPS) is 11.4. The third-order valence-electron chi connectivity index (χ3n) is 9.44. The van der Waals surface area contributed by atoms with Gasteiger partial charge in [-0.25, -0.2) is 0 Å². The van der Waals surface area contributed by atoms with E-state index in [1.54, 1.807) is 0 Å². The highest BCUT2D eigenvalue weighted by atomic mass is 14.9.